The van der Waals surface area contributed by atoms with Crippen LogP contribution in [0.25, 0.3) is 10.2 Å². The number of benzene rings is 2. The average Bonchev–Trinajstić information content (AvgIpc) is 3.40. The van der Waals surface area contributed by atoms with Crippen molar-refractivity contribution in [2.24, 2.45) is 0 Å². The minimum Gasteiger partial charge on any atom is -0.497 e. The summed E-state index contributed by atoms with van der Waals surface area (Å²) in [5.41, 5.74) is 2.81. The van der Waals surface area contributed by atoms with E-state index >= 15 is 0 Å². The van der Waals surface area contributed by atoms with E-state index in [2.05, 4.69) is 32.0 Å². The van der Waals surface area contributed by atoms with E-state index in [0.29, 0.717) is 18.0 Å². The van der Waals surface area contributed by atoms with Crippen LogP contribution < -0.4 is 9.64 Å². The number of hydrogen-bond acceptors (Lipinski definition) is 5. The smallest absolute Gasteiger partial charge is 0.260 e. The van der Waals surface area contributed by atoms with E-state index in [1.165, 1.54) is 5.56 Å². The van der Waals surface area contributed by atoms with Crippen molar-refractivity contribution < 1.29 is 14.3 Å². The molecule has 0 N–H and O–H groups in total. The van der Waals surface area contributed by atoms with Crippen molar-refractivity contribution in [1.82, 2.24) is 4.98 Å². The Morgan fingerprint density at radius 1 is 1.28 bits per heavy atom. The predicted molar refractivity (Wildman–Crippen MR) is 117 cm³/mol. The van der Waals surface area contributed by atoms with Crippen LogP contribution in [0.2, 0.25) is 0 Å². The Hall–Kier alpha value is -2.44. The van der Waals surface area contributed by atoms with Gasteiger partial charge in [-0.1, -0.05) is 37.3 Å². The van der Waals surface area contributed by atoms with Gasteiger partial charge in [-0.3, -0.25) is 9.69 Å². The molecule has 1 unspecified atom stereocenters. The summed E-state index contributed by atoms with van der Waals surface area (Å²) in [4.78, 5) is 20.1. The number of para-hydroxylation sites is 1. The molecule has 1 fully saturated rings. The molecule has 152 valence electrons. The summed E-state index contributed by atoms with van der Waals surface area (Å²) >= 11 is 1.56. The molecule has 2 heterocycles. The number of nitrogens with zero attached hydrogens (tertiary/aromatic N) is 2. The van der Waals surface area contributed by atoms with Crippen LogP contribution in [0, 0.1) is 0 Å². The number of carbonyl (C=O) groups excluding carboxylic acids is 1. The maximum atomic E-state index is 13.4. The van der Waals surface area contributed by atoms with Crippen LogP contribution in [0.5, 0.6) is 5.75 Å². The maximum Gasteiger partial charge on any atom is 0.260 e. The Morgan fingerprint density at radius 3 is 2.72 bits per heavy atom. The zero-order valence-corrected chi connectivity index (χ0v) is 17.9. The average molecular weight is 411 g/mol. The van der Waals surface area contributed by atoms with Crippen molar-refractivity contribution in [3.63, 3.8) is 0 Å². The number of fused-ring (bicyclic) bond motifs is 1. The molecule has 0 bridgehead atoms. The van der Waals surface area contributed by atoms with E-state index in [0.717, 1.165) is 40.5 Å². The van der Waals surface area contributed by atoms with Gasteiger partial charge in [-0.05, 0) is 54.7 Å². The number of aromatic nitrogens is 1. The molecule has 1 aromatic heterocycles. The van der Waals surface area contributed by atoms with Gasteiger partial charge < -0.3 is 9.47 Å². The second-order valence-corrected chi connectivity index (χ2v) is 8.63. The molecule has 4 rings (SSSR count). The van der Waals surface area contributed by atoms with E-state index in [1.54, 1.807) is 35.5 Å². The van der Waals surface area contributed by atoms with E-state index in [1.807, 2.05) is 12.1 Å². The van der Waals surface area contributed by atoms with Crippen molar-refractivity contribution in [1.29, 1.82) is 0 Å². The Labute approximate surface area is 175 Å². The van der Waals surface area contributed by atoms with Crippen LogP contribution in [-0.2, 0) is 4.74 Å². The molecule has 0 spiro atoms. The van der Waals surface area contributed by atoms with Gasteiger partial charge in [0, 0.05) is 12.2 Å². The molecule has 0 saturated carbocycles. The fourth-order valence-electron chi connectivity index (χ4n) is 3.67. The largest absolute Gasteiger partial charge is 0.497 e. The van der Waals surface area contributed by atoms with Gasteiger partial charge >= 0.3 is 0 Å². The molecular formula is C23H26N2O3S. The number of methoxy groups -OCH3 is 1. The van der Waals surface area contributed by atoms with Crippen LogP contribution >= 0.6 is 11.3 Å². The Morgan fingerprint density at radius 2 is 2.07 bits per heavy atom. The van der Waals surface area contributed by atoms with Crippen LogP contribution in [0.1, 0.15) is 48.5 Å². The molecular weight excluding hydrogens is 384 g/mol. The molecule has 3 aromatic rings. The quantitative estimate of drug-likeness (QED) is 0.557. The van der Waals surface area contributed by atoms with Crippen molar-refractivity contribution in [2.45, 2.75) is 38.7 Å². The number of hydrogen-bond donors (Lipinski definition) is 0. The first-order valence-electron chi connectivity index (χ1n) is 10.0. The number of ether oxygens (including phenoxy) is 2. The normalized spacial score (nSPS) is 16.5. The van der Waals surface area contributed by atoms with Crippen molar-refractivity contribution >= 4 is 32.6 Å². The summed E-state index contributed by atoms with van der Waals surface area (Å²) in [6.07, 6.45) is 2.05. The zero-order valence-electron chi connectivity index (χ0n) is 17.1. The van der Waals surface area contributed by atoms with E-state index in [4.69, 9.17) is 14.5 Å². The third kappa shape index (κ3) is 4.14. The van der Waals surface area contributed by atoms with Gasteiger partial charge in [-0.2, -0.15) is 0 Å². The highest BCUT2D eigenvalue weighted by Gasteiger charge is 2.27. The molecule has 1 saturated heterocycles. The van der Waals surface area contributed by atoms with Gasteiger partial charge in [0.15, 0.2) is 5.13 Å². The van der Waals surface area contributed by atoms with Crippen molar-refractivity contribution in [2.75, 3.05) is 25.2 Å². The fourth-order valence-corrected chi connectivity index (χ4v) is 4.68. The second-order valence-electron chi connectivity index (χ2n) is 7.62. The highest BCUT2D eigenvalue weighted by atomic mass is 32.1. The molecule has 2 aromatic carbocycles. The molecule has 0 aliphatic carbocycles. The number of carbonyl (C=O) groups is 1. The number of anilines is 1. The zero-order chi connectivity index (χ0) is 20.4. The first kappa shape index (κ1) is 19.9. The molecule has 1 atom stereocenters. The van der Waals surface area contributed by atoms with Gasteiger partial charge in [-0.25, -0.2) is 4.98 Å². The topological polar surface area (TPSA) is 51.7 Å². The molecule has 5 nitrogen and oxygen atoms in total. The highest BCUT2D eigenvalue weighted by Crippen LogP contribution is 2.34. The molecule has 1 aliphatic heterocycles. The molecule has 1 aliphatic rings. The molecule has 1 amide bonds. The van der Waals surface area contributed by atoms with Gasteiger partial charge in [-0.15, -0.1) is 0 Å². The second kappa shape index (κ2) is 8.51. The lowest BCUT2D eigenvalue weighted by molar-refractivity contribution is 0.0917. The lowest BCUT2D eigenvalue weighted by Crippen LogP contribution is -2.37. The van der Waals surface area contributed by atoms with Crippen molar-refractivity contribution in [3.8, 4) is 5.75 Å². The summed E-state index contributed by atoms with van der Waals surface area (Å²) in [7, 11) is 1.62. The minimum absolute atomic E-state index is 0.0498. The Bertz CT molecular complexity index is 991. The molecule has 0 radical (unpaired) electrons. The summed E-state index contributed by atoms with van der Waals surface area (Å²) in [5, 5.41) is 0.726. The lowest BCUT2D eigenvalue weighted by atomic mass is 10.0. The molecule has 6 heteroatoms. The van der Waals surface area contributed by atoms with Crippen LogP contribution in [0.4, 0.5) is 5.13 Å². The summed E-state index contributed by atoms with van der Waals surface area (Å²) < 4.78 is 12.2. The van der Waals surface area contributed by atoms with E-state index in [-0.39, 0.29) is 12.0 Å². The predicted octanol–water partition coefficient (Wildman–Crippen LogP) is 5.25. The summed E-state index contributed by atoms with van der Waals surface area (Å²) in [6, 6.07) is 13.5. The van der Waals surface area contributed by atoms with Gasteiger partial charge in [0.2, 0.25) is 0 Å². The van der Waals surface area contributed by atoms with Crippen LogP contribution in [0.15, 0.2) is 42.5 Å². The fraction of sp³-hybridized carbons (Fsp3) is 0.391. The Kier molecular flexibility index (Phi) is 5.83. The summed E-state index contributed by atoms with van der Waals surface area (Å²) in [5.74, 6) is 1.04. The van der Waals surface area contributed by atoms with Crippen LogP contribution in [-0.4, -0.2) is 37.3 Å². The van der Waals surface area contributed by atoms with E-state index < -0.39 is 0 Å². The standard InChI is InChI=1S/C23H26N2O3S/c1-15(2)19-7-4-8-20-21(19)24-23(29-20)25(14-18-6-5-13-28-18)22(26)16-9-11-17(27-3)12-10-16/h4,7-12,15,18H,5-6,13-14H2,1-3H3. The SMILES string of the molecule is COc1ccc(C(=O)N(CC2CCCO2)c2nc3c(C(C)C)cccc3s2)cc1. The Balaban J connectivity index is 1.72. The van der Waals surface area contributed by atoms with E-state index in [9.17, 15) is 4.79 Å². The molecule has 29 heavy (non-hydrogen) atoms. The van der Waals surface area contributed by atoms with Gasteiger partial charge in [0.05, 0.1) is 30.0 Å². The first-order valence-corrected chi connectivity index (χ1v) is 10.9. The number of amides is 1. The lowest BCUT2D eigenvalue weighted by Gasteiger charge is -2.23. The minimum atomic E-state index is -0.0618. The summed E-state index contributed by atoms with van der Waals surface area (Å²) in [6.45, 7) is 5.61. The maximum absolute atomic E-state index is 13.4. The first-order chi connectivity index (χ1) is 14.1. The number of thiazole rings is 1. The van der Waals surface area contributed by atoms with Gasteiger partial charge in [0.25, 0.3) is 5.91 Å². The third-order valence-corrected chi connectivity index (χ3v) is 6.33. The monoisotopic (exact) mass is 410 g/mol. The number of rotatable bonds is 6. The van der Waals surface area contributed by atoms with Gasteiger partial charge in [0.1, 0.15) is 5.75 Å². The van der Waals surface area contributed by atoms with Crippen molar-refractivity contribution in [3.05, 3.63) is 53.6 Å². The third-order valence-electron chi connectivity index (χ3n) is 5.28. The van der Waals surface area contributed by atoms with Crippen LogP contribution in [0.3, 0.4) is 0 Å². The highest BCUT2D eigenvalue weighted by molar-refractivity contribution is 7.22.